The summed E-state index contributed by atoms with van der Waals surface area (Å²) in [6.07, 6.45) is -1.42. The van der Waals surface area contributed by atoms with Gasteiger partial charge in [-0.05, 0) is 39.5 Å². The maximum atomic E-state index is 11.9. The van der Waals surface area contributed by atoms with Crippen LogP contribution in [-0.4, -0.2) is 69.5 Å². The van der Waals surface area contributed by atoms with Gasteiger partial charge in [-0.15, -0.1) is 0 Å². The Kier molecular flexibility index (Phi) is 5.72. The smallest absolute Gasteiger partial charge is 0.303 e. The predicted octanol–water partition coefficient (Wildman–Crippen LogP) is 1.98. The number of ether oxygens (including phenoxy) is 4. The van der Waals surface area contributed by atoms with E-state index in [0.717, 1.165) is 0 Å². The summed E-state index contributed by atoms with van der Waals surface area (Å²) in [7, 11) is 0. The van der Waals surface area contributed by atoms with Gasteiger partial charge in [-0.1, -0.05) is 13.8 Å². The van der Waals surface area contributed by atoms with Crippen LogP contribution >= 0.6 is 0 Å². The van der Waals surface area contributed by atoms with Crippen molar-refractivity contribution in [3.63, 3.8) is 0 Å². The zero-order valence-electron chi connectivity index (χ0n) is 20.2. The SMILES string of the molecule is CC(=O)OC1C(C(C)C)C2C3OC(CC(C)(O)C(OC(C)=O)CCC3(C)O)C2C2(C)OC12. The molecule has 182 valence electrons. The molecule has 32 heavy (non-hydrogen) atoms. The third-order valence-corrected chi connectivity index (χ3v) is 8.37. The number of carbonyl (C=O) groups excluding carboxylic acids is 2. The fourth-order valence-corrected chi connectivity index (χ4v) is 7.01. The lowest BCUT2D eigenvalue weighted by Crippen LogP contribution is -2.58. The molecule has 4 fully saturated rings. The molecule has 2 N–H and O–H groups in total. The highest BCUT2D eigenvalue weighted by molar-refractivity contribution is 5.66. The first-order chi connectivity index (χ1) is 14.7. The lowest BCUT2D eigenvalue weighted by Gasteiger charge is -2.47. The fourth-order valence-electron chi connectivity index (χ4n) is 7.01. The summed E-state index contributed by atoms with van der Waals surface area (Å²) >= 11 is 0. The van der Waals surface area contributed by atoms with Crippen molar-refractivity contribution in [2.24, 2.45) is 23.7 Å². The maximum Gasteiger partial charge on any atom is 0.303 e. The van der Waals surface area contributed by atoms with Gasteiger partial charge < -0.3 is 29.2 Å². The van der Waals surface area contributed by atoms with Crippen molar-refractivity contribution >= 4 is 11.9 Å². The summed E-state index contributed by atoms with van der Waals surface area (Å²) < 4.78 is 24.0. The monoisotopic (exact) mass is 454 g/mol. The minimum atomic E-state index is -1.32. The van der Waals surface area contributed by atoms with Gasteiger partial charge >= 0.3 is 11.9 Å². The van der Waals surface area contributed by atoms with E-state index in [9.17, 15) is 19.8 Å². The van der Waals surface area contributed by atoms with Gasteiger partial charge in [0, 0.05) is 38.0 Å². The molecule has 4 rings (SSSR count). The number of hydrogen-bond donors (Lipinski definition) is 2. The molecule has 0 spiro atoms. The van der Waals surface area contributed by atoms with E-state index < -0.39 is 47.2 Å². The van der Waals surface area contributed by atoms with Crippen molar-refractivity contribution in [1.82, 2.24) is 0 Å². The molecule has 3 heterocycles. The van der Waals surface area contributed by atoms with Crippen LogP contribution in [0.25, 0.3) is 0 Å². The molecule has 1 aliphatic carbocycles. The first-order valence-corrected chi connectivity index (χ1v) is 11.8. The number of carbonyl (C=O) groups is 2. The second kappa shape index (κ2) is 7.65. The molecule has 8 heteroatoms. The fraction of sp³-hybridized carbons (Fsp3) is 0.917. The summed E-state index contributed by atoms with van der Waals surface area (Å²) in [6, 6.07) is 0. The molecule has 0 aromatic rings. The Bertz CT molecular complexity index is 776. The Hall–Kier alpha value is -1.22. The highest BCUT2D eigenvalue weighted by Crippen LogP contribution is 2.64. The lowest BCUT2D eigenvalue weighted by molar-refractivity contribution is -0.167. The molecule has 0 aromatic carbocycles. The van der Waals surface area contributed by atoms with Gasteiger partial charge in [-0.25, -0.2) is 0 Å². The molecule has 4 aliphatic rings. The summed E-state index contributed by atoms with van der Waals surface area (Å²) in [4.78, 5) is 23.6. The third kappa shape index (κ3) is 3.77. The van der Waals surface area contributed by atoms with E-state index >= 15 is 0 Å². The molecular formula is C24H38O8. The zero-order valence-corrected chi connectivity index (χ0v) is 20.2. The summed E-state index contributed by atoms with van der Waals surface area (Å²) in [5, 5.41) is 23.0. The number of esters is 2. The van der Waals surface area contributed by atoms with Crippen LogP contribution in [-0.2, 0) is 28.5 Å². The molecule has 3 aliphatic heterocycles. The average molecular weight is 455 g/mol. The van der Waals surface area contributed by atoms with Crippen LogP contribution in [0.4, 0.5) is 0 Å². The van der Waals surface area contributed by atoms with Gasteiger partial charge in [-0.3, -0.25) is 9.59 Å². The average Bonchev–Trinajstić information content (AvgIpc) is 3.18. The van der Waals surface area contributed by atoms with Crippen LogP contribution in [0.3, 0.4) is 0 Å². The van der Waals surface area contributed by atoms with Crippen molar-refractivity contribution < 1.29 is 38.7 Å². The summed E-state index contributed by atoms with van der Waals surface area (Å²) in [5.41, 5.74) is -3.11. The highest BCUT2D eigenvalue weighted by Gasteiger charge is 2.76. The van der Waals surface area contributed by atoms with Crippen LogP contribution in [0, 0.1) is 23.7 Å². The minimum Gasteiger partial charge on any atom is -0.460 e. The second-order valence-corrected chi connectivity index (χ2v) is 11.4. The van der Waals surface area contributed by atoms with E-state index in [1.54, 1.807) is 13.8 Å². The van der Waals surface area contributed by atoms with Crippen molar-refractivity contribution in [2.45, 2.75) is 115 Å². The maximum absolute atomic E-state index is 11.9. The molecule has 11 atom stereocenters. The van der Waals surface area contributed by atoms with Crippen LogP contribution in [0.1, 0.15) is 67.7 Å². The number of epoxide rings is 1. The quantitative estimate of drug-likeness (QED) is 0.491. The minimum absolute atomic E-state index is 0.0559. The Morgan fingerprint density at radius 2 is 1.62 bits per heavy atom. The number of hydrogen-bond acceptors (Lipinski definition) is 8. The highest BCUT2D eigenvalue weighted by atomic mass is 16.7. The number of fused-ring (bicyclic) bond motifs is 7. The van der Waals surface area contributed by atoms with E-state index in [1.807, 2.05) is 6.92 Å². The normalized spacial score (nSPS) is 52.2. The molecule has 3 saturated heterocycles. The van der Waals surface area contributed by atoms with Crippen molar-refractivity contribution in [2.75, 3.05) is 0 Å². The second-order valence-electron chi connectivity index (χ2n) is 11.4. The van der Waals surface area contributed by atoms with Crippen LogP contribution in [0.2, 0.25) is 0 Å². The van der Waals surface area contributed by atoms with Gasteiger partial charge in [0.2, 0.25) is 0 Å². The number of aliphatic hydroxyl groups is 2. The molecular weight excluding hydrogens is 416 g/mol. The van der Waals surface area contributed by atoms with Gasteiger partial charge in [0.15, 0.2) is 0 Å². The van der Waals surface area contributed by atoms with E-state index in [1.165, 1.54) is 13.8 Å². The van der Waals surface area contributed by atoms with Crippen LogP contribution < -0.4 is 0 Å². The van der Waals surface area contributed by atoms with Gasteiger partial charge in [0.05, 0.1) is 17.8 Å². The summed E-state index contributed by atoms with van der Waals surface area (Å²) in [5.74, 6) is -0.894. The number of rotatable bonds is 3. The van der Waals surface area contributed by atoms with Crippen molar-refractivity contribution in [1.29, 1.82) is 0 Å². The molecule has 0 amide bonds. The van der Waals surface area contributed by atoms with Crippen LogP contribution in [0.5, 0.6) is 0 Å². The zero-order chi connectivity index (χ0) is 23.8. The molecule has 2 bridgehead atoms. The van der Waals surface area contributed by atoms with Gasteiger partial charge in [0.1, 0.15) is 29.5 Å². The van der Waals surface area contributed by atoms with Gasteiger partial charge in [-0.2, -0.15) is 0 Å². The Labute approximate surface area is 189 Å². The molecule has 0 radical (unpaired) electrons. The topological polar surface area (TPSA) is 115 Å². The van der Waals surface area contributed by atoms with Crippen LogP contribution in [0.15, 0.2) is 0 Å². The first kappa shape index (κ1) is 23.9. The summed E-state index contributed by atoms with van der Waals surface area (Å²) in [6.45, 7) is 12.4. The van der Waals surface area contributed by atoms with Gasteiger partial charge in [0.25, 0.3) is 0 Å². The van der Waals surface area contributed by atoms with E-state index in [4.69, 9.17) is 18.9 Å². The Morgan fingerprint density at radius 3 is 2.19 bits per heavy atom. The molecule has 8 nitrogen and oxygen atoms in total. The molecule has 0 aromatic heterocycles. The molecule has 1 saturated carbocycles. The van der Waals surface area contributed by atoms with E-state index in [0.29, 0.717) is 12.8 Å². The van der Waals surface area contributed by atoms with E-state index in [-0.39, 0.29) is 42.2 Å². The largest absolute Gasteiger partial charge is 0.460 e. The van der Waals surface area contributed by atoms with E-state index in [2.05, 4.69) is 13.8 Å². The van der Waals surface area contributed by atoms with Crippen molar-refractivity contribution in [3.8, 4) is 0 Å². The molecule has 11 unspecified atom stereocenters. The first-order valence-electron chi connectivity index (χ1n) is 11.8. The standard InChI is InChI=1S/C24H38O8/c1-11(2)16-17-18(24(7)21(32-24)19(16)30-13(4)26)14-10-23(6,28)15(29-12(3)25)8-9-22(5,27)20(17)31-14/h11,14-21,27-28H,8-10H2,1-7H3. The Balaban J connectivity index is 1.76. The van der Waals surface area contributed by atoms with Crippen molar-refractivity contribution in [3.05, 3.63) is 0 Å². The Morgan fingerprint density at radius 1 is 1.00 bits per heavy atom. The third-order valence-electron chi connectivity index (χ3n) is 8.37. The predicted molar refractivity (Wildman–Crippen MR) is 113 cm³/mol. The lowest BCUT2D eigenvalue weighted by atomic mass is 9.57.